The van der Waals surface area contributed by atoms with Gasteiger partial charge in [0.25, 0.3) is 5.56 Å². The molecule has 0 aliphatic carbocycles. The van der Waals surface area contributed by atoms with Crippen molar-refractivity contribution in [3.05, 3.63) is 51.5 Å². The van der Waals surface area contributed by atoms with E-state index >= 15 is 0 Å². The van der Waals surface area contributed by atoms with Gasteiger partial charge in [-0.3, -0.25) is 4.79 Å². The van der Waals surface area contributed by atoms with Crippen molar-refractivity contribution in [2.75, 3.05) is 0 Å². The molecule has 0 aliphatic rings. The fourth-order valence-electron chi connectivity index (χ4n) is 1.29. The number of H-pyrrole nitrogens is 1. The van der Waals surface area contributed by atoms with Crippen molar-refractivity contribution >= 4 is 11.6 Å². The van der Waals surface area contributed by atoms with E-state index in [1.54, 1.807) is 18.2 Å². The molecule has 6 heteroatoms. The second kappa shape index (κ2) is 4.99. The van der Waals surface area contributed by atoms with Crippen LogP contribution in [0.5, 0.6) is 11.6 Å². The zero-order valence-corrected chi connectivity index (χ0v) is 9.57. The SMILES string of the molecule is NCc1cccc(Oc2nc[nH]c(=O)c2Cl)c1. The number of benzene rings is 1. The van der Waals surface area contributed by atoms with Crippen LogP contribution in [-0.4, -0.2) is 9.97 Å². The standard InChI is InChI=1S/C11H10ClN3O2/c12-9-10(16)14-6-15-11(9)17-8-3-1-2-7(4-8)5-13/h1-4,6H,5,13H2,(H,14,15,16). The molecule has 2 aromatic rings. The van der Waals surface area contributed by atoms with Gasteiger partial charge < -0.3 is 15.5 Å². The van der Waals surface area contributed by atoms with Crippen molar-refractivity contribution in [2.24, 2.45) is 5.73 Å². The summed E-state index contributed by atoms with van der Waals surface area (Å²) < 4.78 is 5.41. The van der Waals surface area contributed by atoms with Crippen molar-refractivity contribution < 1.29 is 4.74 Å². The number of rotatable bonds is 3. The average Bonchev–Trinajstić information content (AvgIpc) is 2.35. The van der Waals surface area contributed by atoms with Crippen molar-refractivity contribution in [3.8, 4) is 11.6 Å². The molecule has 2 rings (SSSR count). The zero-order chi connectivity index (χ0) is 12.3. The molecule has 0 saturated heterocycles. The highest BCUT2D eigenvalue weighted by molar-refractivity contribution is 6.31. The van der Waals surface area contributed by atoms with Crippen molar-refractivity contribution in [2.45, 2.75) is 6.54 Å². The van der Waals surface area contributed by atoms with E-state index in [0.717, 1.165) is 5.56 Å². The normalized spacial score (nSPS) is 10.2. The van der Waals surface area contributed by atoms with Gasteiger partial charge in [-0.25, -0.2) is 4.98 Å². The third-order valence-electron chi connectivity index (χ3n) is 2.11. The molecule has 5 nitrogen and oxygen atoms in total. The molecular formula is C11H10ClN3O2. The van der Waals surface area contributed by atoms with Gasteiger partial charge in [0, 0.05) is 6.54 Å². The quantitative estimate of drug-likeness (QED) is 0.870. The second-order valence-electron chi connectivity index (χ2n) is 3.30. The molecule has 1 heterocycles. The van der Waals surface area contributed by atoms with Gasteiger partial charge >= 0.3 is 0 Å². The van der Waals surface area contributed by atoms with E-state index in [1.807, 2.05) is 6.07 Å². The fourth-order valence-corrected chi connectivity index (χ4v) is 1.43. The van der Waals surface area contributed by atoms with E-state index in [2.05, 4.69) is 9.97 Å². The summed E-state index contributed by atoms with van der Waals surface area (Å²) in [6.07, 6.45) is 1.23. The van der Waals surface area contributed by atoms with Gasteiger partial charge in [-0.15, -0.1) is 0 Å². The Labute approximate surface area is 102 Å². The lowest BCUT2D eigenvalue weighted by Gasteiger charge is -2.06. The maximum atomic E-state index is 11.2. The molecule has 0 saturated carbocycles. The lowest BCUT2D eigenvalue weighted by Crippen LogP contribution is -2.08. The van der Waals surface area contributed by atoms with Crippen LogP contribution >= 0.6 is 11.6 Å². The minimum absolute atomic E-state index is 0.0737. The van der Waals surface area contributed by atoms with Gasteiger partial charge in [0.15, 0.2) is 5.02 Å². The molecule has 0 atom stereocenters. The van der Waals surface area contributed by atoms with Gasteiger partial charge in [0.05, 0.1) is 6.33 Å². The Morgan fingerprint density at radius 3 is 3.06 bits per heavy atom. The molecule has 1 aromatic heterocycles. The number of nitrogens with zero attached hydrogens (tertiary/aromatic N) is 1. The monoisotopic (exact) mass is 251 g/mol. The van der Waals surface area contributed by atoms with E-state index in [-0.39, 0.29) is 10.9 Å². The van der Waals surface area contributed by atoms with E-state index in [9.17, 15) is 4.79 Å². The minimum atomic E-state index is -0.438. The molecule has 3 N–H and O–H groups in total. The molecule has 0 spiro atoms. The summed E-state index contributed by atoms with van der Waals surface area (Å²) in [7, 11) is 0. The van der Waals surface area contributed by atoms with Crippen LogP contribution in [0.4, 0.5) is 0 Å². The fraction of sp³-hybridized carbons (Fsp3) is 0.0909. The van der Waals surface area contributed by atoms with Gasteiger partial charge in [-0.05, 0) is 17.7 Å². The first-order chi connectivity index (χ1) is 8.20. The summed E-state index contributed by atoms with van der Waals surface area (Å²) in [6, 6.07) is 7.18. The summed E-state index contributed by atoms with van der Waals surface area (Å²) in [6.45, 7) is 0.410. The molecule has 0 unspecified atom stereocenters. The summed E-state index contributed by atoms with van der Waals surface area (Å²) in [5.74, 6) is 0.609. The van der Waals surface area contributed by atoms with E-state index in [1.165, 1.54) is 6.33 Å². The topological polar surface area (TPSA) is 81.0 Å². The predicted octanol–water partition coefficient (Wildman–Crippen LogP) is 1.67. The van der Waals surface area contributed by atoms with Gasteiger partial charge in [-0.2, -0.15) is 0 Å². The molecule has 0 radical (unpaired) electrons. The first-order valence-corrected chi connectivity index (χ1v) is 5.28. The lowest BCUT2D eigenvalue weighted by molar-refractivity contribution is 0.460. The summed E-state index contributed by atoms with van der Waals surface area (Å²) >= 11 is 5.76. The highest BCUT2D eigenvalue weighted by Crippen LogP contribution is 2.24. The molecule has 0 aliphatic heterocycles. The second-order valence-corrected chi connectivity index (χ2v) is 3.68. The highest BCUT2D eigenvalue weighted by atomic mass is 35.5. The Morgan fingerprint density at radius 2 is 2.29 bits per heavy atom. The Hall–Kier alpha value is -1.85. The summed E-state index contributed by atoms with van der Waals surface area (Å²) in [4.78, 5) is 17.4. The molecule has 17 heavy (non-hydrogen) atoms. The first kappa shape index (κ1) is 11.6. The Bertz CT molecular complexity index is 583. The van der Waals surface area contributed by atoms with Crippen LogP contribution in [0.3, 0.4) is 0 Å². The van der Waals surface area contributed by atoms with Crippen LogP contribution in [0, 0.1) is 0 Å². The zero-order valence-electron chi connectivity index (χ0n) is 8.81. The number of ether oxygens (including phenoxy) is 1. The molecule has 0 fully saturated rings. The maximum Gasteiger partial charge on any atom is 0.273 e. The molecular weight excluding hydrogens is 242 g/mol. The van der Waals surface area contributed by atoms with Crippen molar-refractivity contribution in [3.63, 3.8) is 0 Å². The molecule has 0 bridgehead atoms. The molecule has 0 amide bonds. The number of halogens is 1. The largest absolute Gasteiger partial charge is 0.437 e. The van der Waals surface area contributed by atoms with Crippen LogP contribution in [0.25, 0.3) is 0 Å². The molecule has 88 valence electrons. The Morgan fingerprint density at radius 1 is 1.47 bits per heavy atom. The average molecular weight is 252 g/mol. The van der Waals surface area contributed by atoms with E-state index < -0.39 is 5.56 Å². The third kappa shape index (κ3) is 2.64. The number of hydrogen-bond donors (Lipinski definition) is 2. The van der Waals surface area contributed by atoms with Gasteiger partial charge in [0.2, 0.25) is 5.88 Å². The maximum absolute atomic E-state index is 11.2. The van der Waals surface area contributed by atoms with Gasteiger partial charge in [-0.1, -0.05) is 23.7 Å². The third-order valence-corrected chi connectivity index (χ3v) is 2.45. The smallest absolute Gasteiger partial charge is 0.273 e. The molecule has 1 aromatic carbocycles. The Balaban J connectivity index is 2.31. The number of aromatic nitrogens is 2. The first-order valence-electron chi connectivity index (χ1n) is 4.91. The van der Waals surface area contributed by atoms with Crippen LogP contribution in [-0.2, 0) is 6.54 Å². The van der Waals surface area contributed by atoms with Crippen LogP contribution in [0.2, 0.25) is 5.02 Å². The van der Waals surface area contributed by atoms with Crippen molar-refractivity contribution in [1.29, 1.82) is 0 Å². The Kier molecular flexibility index (Phi) is 3.41. The number of nitrogens with one attached hydrogen (secondary N) is 1. The van der Waals surface area contributed by atoms with Crippen LogP contribution in [0.15, 0.2) is 35.4 Å². The predicted molar refractivity (Wildman–Crippen MR) is 64.3 cm³/mol. The number of nitrogens with two attached hydrogens (primary N) is 1. The van der Waals surface area contributed by atoms with Crippen LogP contribution < -0.4 is 16.0 Å². The minimum Gasteiger partial charge on any atom is -0.437 e. The lowest BCUT2D eigenvalue weighted by atomic mass is 10.2. The van der Waals surface area contributed by atoms with E-state index in [0.29, 0.717) is 12.3 Å². The summed E-state index contributed by atoms with van der Waals surface area (Å²) in [5, 5.41) is -0.0781. The summed E-state index contributed by atoms with van der Waals surface area (Å²) in [5.41, 5.74) is 6.00. The highest BCUT2D eigenvalue weighted by Gasteiger charge is 2.08. The number of hydrogen-bond acceptors (Lipinski definition) is 4. The van der Waals surface area contributed by atoms with Crippen molar-refractivity contribution in [1.82, 2.24) is 9.97 Å². The van der Waals surface area contributed by atoms with Gasteiger partial charge in [0.1, 0.15) is 5.75 Å². The number of aromatic amines is 1. The van der Waals surface area contributed by atoms with E-state index in [4.69, 9.17) is 22.1 Å². The van der Waals surface area contributed by atoms with Crippen LogP contribution in [0.1, 0.15) is 5.56 Å².